The molecule has 1 saturated heterocycles. The molecule has 1 aliphatic rings. The maximum absolute atomic E-state index is 5.48. The van der Waals surface area contributed by atoms with Crippen molar-refractivity contribution in [3.05, 3.63) is 54.4 Å². The third-order valence-corrected chi connectivity index (χ3v) is 4.50. The van der Waals surface area contributed by atoms with Gasteiger partial charge in [0.25, 0.3) is 0 Å². The second kappa shape index (κ2) is 7.53. The summed E-state index contributed by atoms with van der Waals surface area (Å²) in [4.78, 5) is 13.5. The Balaban J connectivity index is 1.38. The van der Waals surface area contributed by atoms with Crippen molar-refractivity contribution in [2.75, 3.05) is 38.2 Å². The van der Waals surface area contributed by atoms with Crippen LogP contribution in [0.1, 0.15) is 5.69 Å². The van der Waals surface area contributed by atoms with Crippen molar-refractivity contribution in [3.8, 4) is 17.1 Å². The topological polar surface area (TPSA) is 67.5 Å². The zero-order chi connectivity index (χ0) is 17.8. The second-order valence-electron chi connectivity index (χ2n) is 6.22. The van der Waals surface area contributed by atoms with Gasteiger partial charge in [0.05, 0.1) is 12.8 Å². The van der Waals surface area contributed by atoms with Crippen LogP contribution < -0.4 is 9.64 Å². The van der Waals surface area contributed by atoms with Crippen LogP contribution in [0.25, 0.3) is 11.4 Å². The molecule has 7 nitrogen and oxygen atoms in total. The monoisotopic (exact) mass is 351 g/mol. The lowest BCUT2D eigenvalue weighted by Gasteiger charge is -2.33. The molecule has 3 heterocycles. The molecular weight excluding hydrogens is 330 g/mol. The predicted octanol–water partition coefficient (Wildman–Crippen LogP) is 2.46. The Morgan fingerprint density at radius 1 is 1.08 bits per heavy atom. The second-order valence-corrected chi connectivity index (χ2v) is 6.22. The number of hydrogen-bond donors (Lipinski definition) is 0. The molecule has 26 heavy (non-hydrogen) atoms. The fourth-order valence-corrected chi connectivity index (χ4v) is 3.04. The molecule has 7 heteroatoms. The molecular formula is C19H21N5O2. The van der Waals surface area contributed by atoms with Gasteiger partial charge in [-0.2, -0.15) is 4.98 Å². The first kappa shape index (κ1) is 16.5. The molecule has 1 aromatic carbocycles. The van der Waals surface area contributed by atoms with E-state index >= 15 is 0 Å². The van der Waals surface area contributed by atoms with Gasteiger partial charge in [0.15, 0.2) is 0 Å². The number of hydrogen-bond acceptors (Lipinski definition) is 7. The number of aromatic nitrogens is 3. The first-order valence-corrected chi connectivity index (χ1v) is 8.67. The van der Waals surface area contributed by atoms with Gasteiger partial charge in [0, 0.05) is 44.5 Å². The molecule has 1 fully saturated rings. The fourth-order valence-electron chi connectivity index (χ4n) is 3.04. The zero-order valence-corrected chi connectivity index (χ0v) is 14.7. The number of methoxy groups -OCH3 is 1. The normalized spacial score (nSPS) is 15.2. The first-order chi connectivity index (χ1) is 12.8. The highest BCUT2D eigenvalue weighted by Crippen LogP contribution is 2.24. The third-order valence-electron chi connectivity index (χ3n) is 4.50. The van der Waals surface area contributed by atoms with Gasteiger partial charge >= 0.3 is 6.01 Å². The summed E-state index contributed by atoms with van der Waals surface area (Å²) in [6, 6.07) is 14.3. The number of anilines is 1. The highest BCUT2D eigenvalue weighted by Gasteiger charge is 2.22. The summed E-state index contributed by atoms with van der Waals surface area (Å²) in [5.74, 6) is 1.35. The highest BCUT2D eigenvalue weighted by molar-refractivity contribution is 5.58. The van der Waals surface area contributed by atoms with Gasteiger partial charge < -0.3 is 14.2 Å². The Morgan fingerprint density at radius 2 is 1.96 bits per heavy atom. The lowest BCUT2D eigenvalue weighted by atomic mass is 10.2. The molecule has 0 spiro atoms. The van der Waals surface area contributed by atoms with Gasteiger partial charge in [-0.05, 0) is 24.3 Å². The minimum atomic E-state index is 0.570. The molecule has 134 valence electrons. The van der Waals surface area contributed by atoms with E-state index in [-0.39, 0.29) is 0 Å². The van der Waals surface area contributed by atoms with E-state index in [0.717, 1.165) is 49.7 Å². The Kier molecular flexibility index (Phi) is 4.79. The molecule has 0 radical (unpaired) electrons. The molecule has 0 amide bonds. The molecule has 0 bridgehead atoms. The Labute approximate surface area is 152 Å². The third kappa shape index (κ3) is 3.67. The molecule has 3 aromatic rings. The minimum absolute atomic E-state index is 0.570. The quantitative estimate of drug-likeness (QED) is 0.699. The maximum Gasteiger partial charge on any atom is 0.324 e. The van der Waals surface area contributed by atoms with Crippen LogP contribution >= 0.6 is 0 Å². The first-order valence-electron chi connectivity index (χ1n) is 8.67. The number of ether oxygens (including phenoxy) is 1. The lowest BCUT2D eigenvalue weighted by molar-refractivity contribution is 0.240. The van der Waals surface area contributed by atoms with Crippen molar-refractivity contribution in [2.45, 2.75) is 6.54 Å². The van der Waals surface area contributed by atoms with E-state index in [9.17, 15) is 0 Å². The van der Waals surface area contributed by atoms with E-state index in [1.54, 1.807) is 7.11 Å². The fraction of sp³-hybridized carbons (Fsp3) is 0.316. The molecule has 0 unspecified atom stereocenters. The van der Waals surface area contributed by atoms with Gasteiger partial charge in [-0.3, -0.25) is 9.88 Å². The van der Waals surface area contributed by atoms with Gasteiger partial charge in [-0.25, -0.2) is 0 Å². The number of piperazine rings is 1. The number of nitrogens with zero attached hydrogens (tertiary/aromatic N) is 5. The molecule has 0 aliphatic carbocycles. The van der Waals surface area contributed by atoms with Crippen LogP contribution in [-0.2, 0) is 6.54 Å². The van der Waals surface area contributed by atoms with Crippen molar-refractivity contribution in [3.63, 3.8) is 0 Å². The summed E-state index contributed by atoms with van der Waals surface area (Å²) in [5.41, 5.74) is 1.98. The summed E-state index contributed by atoms with van der Waals surface area (Å²) < 4.78 is 10.7. The molecule has 0 saturated carbocycles. The maximum atomic E-state index is 5.48. The smallest absolute Gasteiger partial charge is 0.324 e. The van der Waals surface area contributed by atoms with Crippen molar-refractivity contribution < 1.29 is 9.26 Å². The van der Waals surface area contributed by atoms with Crippen LogP contribution in [0.3, 0.4) is 0 Å². The Bertz CT molecular complexity index is 844. The van der Waals surface area contributed by atoms with Gasteiger partial charge in [-0.1, -0.05) is 23.4 Å². The largest absolute Gasteiger partial charge is 0.497 e. The van der Waals surface area contributed by atoms with Gasteiger partial charge in [0.1, 0.15) is 5.75 Å². The summed E-state index contributed by atoms with van der Waals surface area (Å²) in [7, 11) is 1.64. The SMILES string of the molecule is COc1cccc(-c2noc(N3CCN(Cc4ccccn4)CC3)n2)c1. The van der Waals surface area contributed by atoms with Crippen LogP contribution in [0.15, 0.2) is 53.2 Å². The van der Waals surface area contributed by atoms with E-state index in [4.69, 9.17) is 9.26 Å². The zero-order valence-electron chi connectivity index (χ0n) is 14.7. The molecule has 0 atom stereocenters. The van der Waals surface area contributed by atoms with Gasteiger partial charge in [-0.15, -0.1) is 0 Å². The van der Waals surface area contributed by atoms with Crippen molar-refractivity contribution >= 4 is 6.01 Å². The number of rotatable bonds is 5. The van der Waals surface area contributed by atoms with Gasteiger partial charge in [0.2, 0.25) is 5.82 Å². The molecule has 1 aliphatic heterocycles. The van der Waals surface area contributed by atoms with Crippen LogP contribution in [0.2, 0.25) is 0 Å². The standard InChI is InChI=1S/C19H21N5O2/c1-25-17-7-4-5-15(13-17)18-21-19(26-22-18)24-11-9-23(10-12-24)14-16-6-2-3-8-20-16/h2-8,13H,9-12,14H2,1H3. The Morgan fingerprint density at radius 3 is 2.73 bits per heavy atom. The van der Waals surface area contributed by atoms with Crippen LogP contribution in [0.5, 0.6) is 5.75 Å². The molecule has 2 aromatic heterocycles. The lowest BCUT2D eigenvalue weighted by Crippen LogP contribution is -2.46. The van der Waals surface area contributed by atoms with Crippen molar-refractivity contribution in [1.29, 1.82) is 0 Å². The van der Waals surface area contributed by atoms with Crippen LogP contribution in [0, 0.1) is 0 Å². The van der Waals surface area contributed by atoms with Crippen LogP contribution in [-0.4, -0.2) is 53.3 Å². The average Bonchev–Trinajstić information content (AvgIpc) is 3.20. The van der Waals surface area contributed by atoms with Crippen molar-refractivity contribution in [1.82, 2.24) is 20.0 Å². The molecule has 0 N–H and O–H groups in total. The predicted molar refractivity (Wildman–Crippen MR) is 98.0 cm³/mol. The minimum Gasteiger partial charge on any atom is -0.497 e. The summed E-state index contributed by atoms with van der Waals surface area (Å²) in [6.07, 6.45) is 1.84. The van der Waals surface area contributed by atoms with Crippen molar-refractivity contribution in [2.24, 2.45) is 0 Å². The summed E-state index contributed by atoms with van der Waals surface area (Å²) in [5, 5.41) is 4.12. The summed E-state index contributed by atoms with van der Waals surface area (Å²) >= 11 is 0. The van der Waals surface area contributed by atoms with E-state index in [1.807, 2.05) is 42.6 Å². The number of pyridine rings is 1. The van der Waals surface area contributed by atoms with E-state index in [0.29, 0.717) is 11.8 Å². The van der Waals surface area contributed by atoms with E-state index in [2.05, 4.69) is 31.0 Å². The van der Waals surface area contributed by atoms with E-state index in [1.165, 1.54) is 0 Å². The van der Waals surface area contributed by atoms with E-state index < -0.39 is 0 Å². The molecule has 4 rings (SSSR count). The number of benzene rings is 1. The highest BCUT2D eigenvalue weighted by atomic mass is 16.5. The van der Waals surface area contributed by atoms with Crippen LogP contribution in [0.4, 0.5) is 6.01 Å². The average molecular weight is 351 g/mol. The Hall–Kier alpha value is -2.93. The summed E-state index contributed by atoms with van der Waals surface area (Å²) in [6.45, 7) is 4.45.